The van der Waals surface area contributed by atoms with E-state index in [-0.39, 0.29) is 23.5 Å². The molecule has 1 aliphatic heterocycles. The Hall–Kier alpha value is -0.660. The molecule has 5 nitrogen and oxygen atoms in total. The highest BCUT2D eigenvalue weighted by Gasteiger charge is 2.27. The van der Waals surface area contributed by atoms with Gasteiger partial charge in [0.05, 0.1) is 11.0 Å². The summed E-state index contributed by atoms with van der Waals surface area (Å²) >= 11 is 5.99. The highest BCUT2D eigenvalue weighted by atomic mass is 35.5. The fourth-order valence-corrected chi connectivity index (χ4v) is 4.25. The second-order valence-corrected chi connectivity index (χ2v) is 7.54. The van der Waals surface area contributed by atoms with Gasteiger partial charge in [0.2, 0.25) is 10.0 Å². The van der Waals surface area contributed by atoms with Crippen LogP contribution in [-0.2, 0) is 21.3 Å². The average Bonchev–Trinajstić information content (AvgIpc) is 2.84. The summed E-state index contributed by atoms with van der Waals surface area (Å²) < 4.78 is 33.1. The maximum atomic E-state index is 12.5. The van der Waals surface area contributed by atoms with Gasteiger partial charge in [-0.1, -0.05) is 11.6 Å². The molecule has 0 radical (unpaired) electrons. The number of sulfonamides is 1. The molecule has 0 amide bonds. The second kappa shape index (κ2) is 6.62. The minimum atomic E-state index is -3.60. The first-order valence-electron chi connectivity index (χ1n) is 6.95. The van der Waals surface area contributed by atoms with Crippen molar-refractivity contribution in [2.75, 3.05) is 13.2 Å². The lowest BCUT2D eigenvalue weighted by atomic mass is 10.0. The predicted molar refractivity (Wildman–Crippen MR) is 82.8 cm³/mol. The Kier molecular flexibility index (Phi) is 5.27. The highest BCUT2D eigenvalue weighted by Crippen LogP contribution is 2.25. The highest BCUT2D eigenvalue weighted by molar-refractivity contribution is 7.89. The normalized spacial score (nSPS) is 22.7. The smallest absolute Gasteiger partial charge is 0.240 e. The standard InChI is InChI=1S/C14H21ClN2O3S/c1-9-12(7-16)5-13(15)6-14(9)21(18,19)17-8-11-3-4-20-10(11)2/h5-6,10-11,17H,3-4,7-8,16H2,1-2H3. The van der Waals surface area contributed by atoms with E-state index in [0.29, 0.717) is 23.7 Å². The largest absolute Gasteiger partial charge is 0.378 e. The molecule has 0 spiro atoms. The maximum absolute atomic E-state index is 12.5. The van der Waals surface area contributed by atoms with Crippen LogP contribution in [0.15, 0.2) is 17.0 Å². The van der Waals surface area contributed by atoms with Gasteiger partial charge in [-0.25, -0.2) is 13.1 Å². The predicted octanol–water partition coefficient (Wildman–Crippen LogP) is 1.81. The zero-order valence-electron chi connectivity index (χ0n) is 12.2. The molecule has 1 fully saturated rings. The van der Waals surface area contributed by atoms with Gasteiger partial charge in [-0.2, -0.15) is 0 Å². The van der Waals surface area contributed by atoms with Crippen molar-refractivity contribution in [1.82, 2.24) is 4.72 Å². The number of nitrogens with one attached hydrogen (secondary N) is 1. The molecule has 2 unspecified atom stereocenters. The van der Waals surface area contributed by atoms with E-state index in [4.69, 9.17) is 22.1 Å². The van der Waals surface area contributed by atoms with E-state index >= 15 is 0 Å². The van der Waals surface area contributed by atoms with Gasteiger partial charge in [0.15, 0.2) is 0 Å². The quantitative estimate of drug-likeness (QED) is 0.861. The van der Waals surface area contributed by atoms with Crippen molar-refractivity contribution in [3.63, 3.8) is 0 Å². The molecule has 2 atom stereocenters. The first kappa shape index (κ1) is 16.7. The summed E-state index contributed by atoms with van der Waals surface area (Å²) in [6, 6.07) is 3.16. The Labute approximate surface area is 130 Å². The van der Waals surface area contributed by atoms with E-state index in [0.717, 1.165) is 12.0 Å². The number of hydrogen-bond donors (Lipinski definition) is 2. The number of nitrogens with two attached hydrogens (primary N) is 1. The lowest BCUT2D eigenvalue weighted by molar-refractivity contribution is 0.107. The fraction of sp³-hybridized carbons (Fsp3) is 0.571. The minimum absolute atomic E-state index is 0.0766. The van der Waals surface area contributed by atoms with Crippen LogP contribution in [0.5, 0.6) is 0 Å². The Bertz CT molecular complexity index is 619. The van der Waals surface area contributed by atoms with Crippen LogP contribution < -0.4 is 10.5 Å². The number of ether oxygens (including phenoxy) is 1. The summed E-state index contributed by atoms with van der Waals surface area (Å²) in [5, 5.41) is 0.374. The zero-order chi connectivity index (χ0) is 15.6. The first-order valence-corrected chi connectivity index (χ1v) is 8.81. The third-order valence-corrected chi connectivity index (χ3v) is 5.78. The van der Waals surface area contributed by atoms with Crippen LogP contribution in [0.25, 0.3) is 0 Å². The molecule has 7 heteroatoms. The van der Waals surface area contributed by atoms with Gasteiger partial charge < -0.3 is 10.5 Å². The Morgan fingerprint density at radius 2 is 2.19 bits per heavy atom. The Morgan fingerprint density at radius 1 is 1.48 bits per heavy atom. The molecular formula is C14H21ClN2O3S. The Balaban J connectivity index is 2.21. The number of rotatable bonds is 5. The van der Waals surface area contributed by atoms with Crippen molar-refractivity contribution >= 4 is 21.6 Å². The van der Waals surface area contributed by atoms with Crippen molar-refractivity contribution in [3.8, 4) is 0 Å². The molecule has 118 valence electrons. The molecular weight excluding hydrogens is 312 g/mol. The van der Waals surface area contributed by atoms with Crippen LogP contribution in [0.2, 0.25) is 5.02 Å². The fourth-order valence-electron chi connectivity index (χ4n) is 2.54. The van der Waals surface area contributed by atoms with Crippen LogP contribution in [-0.4, -0.2) is 27.7 Å². The van der Waals surface area contributed by atoms with Gasteiger partial charge in [-0.3, -0.25) is 0 Å². The van der Waals surface area contributed by atoms with E-state index in [1.807, 2.05) is 6.92 Å². The molecule has 0 aromatic heterocycles. The topological polar surface area (TPSA) is 81.4 Å². The lowest BCUT2D eigenvalue weighted by Crippen LogP contribution is -2.32. The summed E-state index contributed by atoms with van der Waals surface area (Å²) in [5.74, 6) is 0.202. The molecule has 0 bridgehead atoms. The second-order valence-electron chi connectivity index (χ2n) is 5.37. The summed E-state index contributed by atoms with van der Waals surface area (Å²) in [6.45, 7) is 5.01. The average molecular weight is 333 g/mol. The monoisotopic (exact) mass is 332 g/mol. The third kappa shape index (κ3) is 3.76. The van der Waals surface area contributed by atoms with Gasteiger partial charge in [0, 0.05) is 30.6 Å². The van der Waals surface area contributed by atoms with Gasteiger partial charge in [-0.15, -0.1) is 0 Å². The van der Waals surface area contributed by atoms with Gasteiger partial charge in [-0.05, 0) is 43.5 Å². The number of hydrogen-bond acceptors (Lipinski definition) is 4. The van der Waals surface area contributed by atoms with Crippen LogP contribution in [0.3, 0.4) is 0 Å². The lowest BCUT2D eigenvalue weighted by Gasteiger charge is -2.17. The summed E-state index contributed by atoms with van der Waals surface area (Å²) in [6.07, 6.45) is 0.944. The minimum Gasteiger partial charge on any atom is -0.378 e. The molecule has 1 saturated heterocycles. The van der Waals surface area contributed by atoms with Crippen LogP contribution in [0.1, 0.15) is 24.5 Å². The molecule has 1 aromatic rings. The van der Waals surface area contributed by atoms with E-state index < -0.39 is 10.0 Å². The van der Waals surface area contributed by atoms with E-state index in [2.05, 4.69) is 4.72 Å². The molecule has 0 aliphatic carbocycles. The molecule has 1 heterocycles. The maximum Gasteiger partial charge on any atom is 0.240 e. The van der Waals surface area contributed by atoms with E-state index in [1.54, 1.807) is 13.0 Å². The van der Waals surface area contributed by atoms with Crippen molar-refractivity contribution in [2.24, 2.45) is 11.7 Å². The summed E-state index contributed by atoms with van der Waals surface area (Å²) in [5.41, 5.74) is 7.01. The zero-order valence-corrected chi connectivity index (χ0v) is 13.8. The van der Waals surface area contributed by atoms with Crippen molar-refractivity contribution in [3.05, 3.63) is 28.3 Å². The number of benzene rings is 1. The third-order valence-electron chi connectivity index (χ3n) is 4.01. The van der Waals surface area contributed by atoms with Crippen LogP contribution >= 0.6 is 11.6 Å². The van der Waals surface area contributed by atoms with Gasteiger partial charge in [0.25, 0.3) is 0 Å². The SMILES string of the molecule is Cc1c(CN)cc(Cl)cc1S(=O)(=O)NCC1CCOC1C. The van der Waals surface area contributed by atoms with Crippen molar-refractivity contribution in [2.45, 2.75) is 37.8 Å². The van der Waals surface area contributed by atoms with E-state index in [9.17, 15) is 8.42 Å². The van der Waals surface area contributed by atoms with Gasteiger partial charge in [0.1, 0.15) is 0 Å². The Morgan fingerprint density at radius 3 is 2.76 bits per heavy atom. The molecule has 1 aliphatic rings. The van der Waals surface area contributed by atoms with E-state index in [1.165, 1.54) is 6.07 Å². The molecule has 3 N–H and O–H groups in total. The molecule has 21 heavy (non-hydrogen) atoms. The van der Waals surface area contributed by atoms with Crippen molar-refractivity contribution < 1.29 is 13.2 Å². The van der Waals surface area contributed by atoms with Crippen LogP contribution in [0.4, 0.5) is 0 Å². The molecule has 2 rings (SSSR count). The molecule has 1 aromatic carbocycles. The summed E-state index contributed by atoms with van der Waals surface area (Å²) in [7, 11) is -3.60. The first-order chi connectivity index (χ1) is 9.85. The molecule has 0 saturated carbocycles. The van der Waals surface area contributed by atoms with Gasteiger partial charge >= 0.3 is 0 Å². The van der Waals surface area contributed by atoms with Crippen LogP contribution in [0, 0.1) is 12.8 Å². The van der Waals surface area contributed by atoms with Crippen molar-refractivity contribution in [1.29, 1.82) is 0 Å². The summed E-state index contributed by atoms with van der Waals surface area (Å²) in [4.78, 5) is 0.196. The number of halogens is 1.